The Morgan fingerprint density at radius 2 is 1.83 bits per heavy atom. The fourth-order valence-electron chi connectivity index (χ4n) is 2.72. The zero-order chi connectivity index (χ0) is 13.0. The first-order valence-corrected chi connectivity index (χ1v) is 7.07. The highest BCUT2D eigenvalue weighted by molar-refractivity contribution is 5.33. The van der Waals surface area contributed by atoms with Crippen molar-refractivity contribution in [2.75, 3.05) is 13.6 Å². The van der Waals surface area contributed by atoms with E-state index >= 15 is 0 Å². The van der Waals surface area contributed by atoms with E-state index in [1.807, 2.05) is 7.05 Å². The highest BCUT2D eigenvalue weighted by Gasteiger charge is 2.21. The molecule has 0 unspecified atom stereocenters. The largest absolute Gasteiger partial charge is 0.490 e. The van der Waals surface area contributed by atoms with Gasteiger partial charge in [0.2, 0.25) is 0 Å². The number of nitrogens with one attached hydrogen (secondary N) is 1. The maximum atomic E-state index is 6.10. The van der Waals surface area contributed by atoms with Crippen LogP contribution in [0.2, 0.25) is 0 Å². The van der Waals surface area contributed by atoms with Gasteiger partial charge < -0.3 is 10.1 Å². The van der Waals surface area contributed by atoms with Crippen LogP contribution < -0.4 is 10.1 Å². The lowest BCUT2D eigenvalue weighted by atomic mass is 9.87. The fourth-order valence-corrected chi connectivity index (χ4v) is 2.72. The number of hydrogen-bond donors (Lipinski definition) is 1. The Kier molecular flexibility index (Phi) is 4.65. The van der Waals surface area contributed by atoms with Crippen LogP contribution in [0.25, 0.3) is 0 Å². The van der Waals surface area contributed by atoms with Crippen LogP contribution in [0.5, 0.6) is 5.75 Å². The summed E-state index contributed by atoms with van der Waals surface area (Å²) in [5.41, 5.74) is 2.65. The van der Waals surface area contributed by atoms with Crippen LogP contribution in [-0.2, 0) is 0 Å². The van der Waals surface area contributed by atoms with Crippen molar-refractivity contribution in [3.05, 3.63) is 29.3 Å². The Morgan fingerprint density at radius 1 is 1.11 bits per heavy atom. The van der Waals surface area contributed by atoms with Crippen molar-refractivity contribution in [2.24, 2.45) is 5.92 Å². The molecule has 0 amide bonds. The summed E-state index contributed by atoms with van der Waals surface area (Å²) >= 11 is 0. The molecule has 2 heteroatoms. The van der Waals surface area contributed by atoms with Gasteiger partial charge in [-0.3, -0.25) is 0 Å². The number of rotatable bonds is 4. The Bertz CT molecular complexity index is 381. The molecule has 0 radical (unpaired) electrons. The molecule has 1 fully saturated rings. The van der Waals surface area contributed by atoms with E-state index in [-0.39, 0.29) is 0 Å². The number of aryl methyl sites for hydroxylation is 2. The van der Waals surface area contributed by atoms with E-state index in [1.54, 1.807) is 0 Å². The SMILES string of the molecule is CNCC1CCC(Oc2ccc(C)c(C)c2)CC1. The topological polar surface area (TPSA) is 21.3 Å². The lowest BCUT2D eigenvalue weighted by Gasteiger charge is -2.29. The maximum absolute atomic E-state index is 6.10. The molecular formula is C16H25NO. The molecule has 0 saturated heterocycles. The van der Waals surface area contributed by atoms with Gasteiger partial charge in [-0.2, -0.15) is 0 Å². The molecule has 0 heterocycles. The lowest BCUT2D eigenvalue weighted by molar-refractivity contribution is 0.131. The number of ether oxygens (including phenoxy) is 1. The van der Waals surface area contributed by atoms with Crippen molar-refractivity contribution in [1.82, 2.24) is 5.32 Å². The number of hydrogen-bond acceptors (Lipinski definition) is 2. The maximum Gasteiger partial charge on any atom is 0.119 e. The summed E-state index contributed by atoms with van der Waals surface area (Å²) in [6, 6.07) is 6.41. The standard InChI is InChI=1S/C16H25NO/c1-12-4-7-16(10-13(12)2)18-15-8-5-14(6-9-15)11-17-3/h4,7,10,14-15,17H,5-6,8-9,11H2,1-3H3. The molecule has 18 heavy (non-hydrogen) atoms. The summed E-state index contributed by atoms with van der Waals surface area (Å²) < 4.78 is 6.10. The van der Waals surface area contributed by atoms with E-state index in [4.69, 9.17) is 4.74 Å². The van der Waals surface area contributed by atoms with E-state index in [0.717, 1.165) is 18.2 Å². The molecule has 0 aliphatic heterocycles. The summed E-state index contributed by atoms with van der Waals surface area (Å²) in [4.78, 5) is 0. The van der Waals surface area contributed by atoms with Gasteiger partial charge >= 0.3 is 0 Å². The summed E-state index contributed by atoms with van der Waals surface area (Å²) in [6.07, 6.45) is 5.38. The van der Waals surface area contributed by atoms with E-state index < -0.39 is 0 Å². The van der Waals surface area contributed by atoms with Crippen LogP contribution in [0, 0.1) is 19.8 Å². The molecule has 2 nitrogen and oxygen atoms in total. The first-order chi connectivity index (χ1) is 8.69. The Hall–Kier alpha value is -1.02. The van der Waals surface area contributed by atoms with E-state index in [0.29, 0.717) is 6.10 Å². The van der Waals surface area contributed by atoms with Gasteiger partial charge in [0.15, 0.2) is 0 Å². The van der Waals surface area contributed by atoms with Crippen LogP contribution in [0.3, 0.4) is 0 Å². The molecule has 1 saturated carbocycles. The second kappa shape index (κ2) is 6.24. The van der Waals surface area contributed by atoms with Gasteiger partial charge in [0.1, 0.15) is 5.75 Å². The summed E-state index contributed by atoms with van der Waals surface area (Å²) in [5.74, 6) is 1.88. The van der Waals surface area contributed by atoms with E-state index in [9.17, 15) is 0 Å². The van der Waals surface area contributed by atoms with Gasteiger partial charge in [-0.15, -0.1) is 0 Å². The van der Waals surface area contributed by atoms with Crippen molar-refractivity contribution in [3.8, 4) is 5.75 Å². The molecule has 100 valence electrons. The fraction of sp³-hybridized carbons (Fsp3) is 0.625. The zero-order valence-electron chi connectivity index (χ0n) is 11.8. The van der Waals surface area contributed by atoms with Crippen molar-refractivity contribution in [3.63, 3.8) is 0 Å². The van der Waals surface area contributed by atoms with Crippen LogP contribution in [0.4, 0.5) is 0 Å². The van der Waals surface area contributed by atoms with Gasteiger partial charge in [-0.05, 0) is 82.3 Å². The van der Waals surface area contributed by atoms with Gasteiger partial charge in [0, 0.05) is 0 Å². The van der Waals surface area contributed by atoms with Crippen molar-refractivity contribution in [1.29, 1.82) is 0 Å². The predicted molar refractivity (Wildman–Crippen MR) is 76.2 cm³/mol. The molecule has 0 bridgehead atoms. The normalized spacial score (nSPS) is 23.9. The molecule has 0 aromatic heterocycles. The minimum atomic E-state index is 0.417. The quantitative estimate of drug-likeness (QED) is 0.879. The summed E-state index contributed by atoms with van der Waals surface area (Å²) in [5, 5.41) is 3.27. The third kappa shape index (κ3) is 3.49. The average Bonchev–Trinajstić information content (AvgIpc) is 2.37. The van der Waals surface area contributed by atoms with Gasteiger partial charge in [-0.1, -0.05) is 6.07 Å². The van der Waals surface area contributed by atoms with Gasteiger partial charge in [-0.25, -0.2) is 0 Å². The zero-order valence-corrected chi connectivity index (χ0v) is 11.8. The first kappa shape index (κ1) is 13.4. The molecule has 1 aliphatic rings. The van der Waals surface area contributed by atoms with Crippen molar-refractivity contribution < 1.29 is 4.74 Å². The third-order valence-electron chi connectivity index (χ3n) is 4.07. The van der Waals surface area contributed by atoms with Crippen LogP contribution in [0.1, 0.15) is 36.8 Å². The highest BCUT2D eigenvalue weighted by Crippen LogP contribution is 2.28. The Balaban J connectivity index is 1.85. The monoisotopic (exact) mass is 247 g/mol. The molecule has 1 N–H and O–H groups in total. The molecule has 1 aromatic carbocycles. The average molecular weight is 247 g/mol. The molecule has 1 aliphatic carbocycles. The van der Waals surface area contributed by atoms with E-state index in [1.165, 1.54) is 36.8 Å². The smallest absolute Gasteiger partial charge is 0.119 e. The van der Waals surface area contributed by atoms with Gasteiger partial charge in [0.05, 0.1) is 6.10 Å². The Labute approximate surface area is 111 Å². The molecule has 1 aromatic rings. The minimum absolute atomic E-state index is 0.417. The summed E-state index contributed by atoms with van der Waals surface area (Å²) in [7, 11) is 2.04. The van der Waals surface area contributed by atoms with Crippen molar-refractivity contribution in [2.45, 2.75) is 45.6 Å². The van der Waals surface area contributed by atoms with E-state index in [2.05, 4.69) is 37.4 Å². The molecular weight excluding hydrogens is 222 g/mol. The molecule has 2 rings (SSSR count). The van der Waals surface area contributed by atoms with Crippen molar-refractivity contribution >= 4 is 0 Å². The summed E-state index contributed by atoms with van der Waals surface area (Å²) in [6.45, 7) is 5.43. The second-order valence-electron chi connectivity index (χ2n) is 5.56. The lowest BCUT2D eigenvalue weighted by Crippen LogP contribution is -2.28. The third-order valence-corrected chi connectivity index (χ3v) is 4.07. The van der Waals surface area contributed by atoms with Gasteiger partial charge in [0.25, 0.3) is 0 Å². The van der Waals surface area contributed by atoms with Crippen LogP contribution >= 0.6 is 0 Å². The minimum Gasteiger partial charge on any atom is -0.490 e. The predicted octanol–water partition coefficient (Wildman–Crippen LogP) is 3.46. The van der Waals surface area contributed by atoms with Crippen LogP contribution in [-0.4, -0.2) is 19.7 Å². The first-order valence-electron chi connectivity index (χ1n) is 7.07. The van der Waals surface area contributed by atoms with Crippen LogP contribution in [0.15, 0.2) is 18.2 Å². The second-order valence-corrected chi connectivity index (χ2v) is 5.56. The molecule has 0 atom stereocenters. The molecule has 0 spiro atoms. The number of benzene rings is 1. The highest BCUT2D eigenvalue weighted by atomic mass is 16.5. The Morgan fingerprint density at radius 3 is 2.44 bits per heavy atom.